The van der Waals surface area contributed by atoms with E-state index < -0.39 is 0 Å². The number of nitrogens with one attached hydrogen (secondary N) is 1. The highest BCUT2D eigenvalue weighted by Crippen LogP contribution is 2.35. The molecule has 2 rings (SSSR count). The Morgan fingerprint density at radius 3 is 2.74 bits per heavy atom. The maximum atomic E-state index is 4.33. The van der Waals surface area contributed by atoms with Gasteiger partial charge in [-0.3, -0.25) is 0 Å². The van der Waals surface area contributed by atoms with Crippen LogP contribution >= 0.6 is 0 Å². The molecule has 1 heterocycles. The lowest BCUT2D eigenvalue weighted by Crippen LogP contribution is -2.36. The van der Waals surface area contributed by atoms with Crippen LogP contribution in [-0.4, -0.2) is 32.8 Å². The molecule has 0 radical (unpaired) electrons. The molecule has 3 unspecified atom stereocenters. The smallest absolute Gasteiger partial charge is 0.175 e. The van der Waals surface area contributed by atoms with Crippen molar-refractivity contribution in [1.82, 2.24) is 25.5 Å². The highest BCUT2D eigenvalue weighted by molar-refractivity contribution is 4.88. The normalized spacial score (nSPS) is 27.9. The maximum absolute atomic E-state index is 4.33. The minimum atomic E-state index is 0.564. The first-order valence-electron chi connectivity index (χ1n) is 7.51. The Labute approximate surface area is 116 Å². The molecule has 5 nitrogen and oxygen atoms in total. The van der Waals surface area contributed by atoms with Gasteiger partial charge in [-0.05, 0) is 42.4 Å². The van der Waals surface area contributed by atoms with Crippen molar-refractivity contribution in [3.05, 3.63) is 5.82 Å². The molecule has 0 aromatic carbocycles. The van der Waals surface area contributed by atoms with Crippen LogP contribution in [0.1, 0.15) is 45.9 Å². The van der Waals surface area contributed by atoms with Crippen LogP contribution in [0.2, 0.25) is 0 Å². The molecule has 1 fully saturated rings. The number of tetrazole rings is 1. The summed E-state index contributed by atoms with van der Waals surface area (Å²) in [5.41, 5.74) is 0. The molecular formula is C14H27N5. The van der Waals surface area contributed by atoms with Crippen LogP contribution in [-0.2, 0) is 13.5 Å². The second-order valence-corrected chi connectivity index (χ2v) is 6.40. The van der Waals surface area contributed by atoms with Crippen molar-refractivity contribution in [2.45, 2.75) is 52.5 Å². The van der Waals surface area contributed by atoms with Gasteiger partial charge in [-0.2, -0.15) is 4.80 Å². The molecule has 0 saturated heterocycles. The Balaban J connectivity index is 1.95. The summed E-state index contributed by atoms with van der Waals surface area (Å²) in [5, 5.41) is 16.0. The molecule has 19 heavy (non-hydrogen) atoms. The van der Waals surface area contributed by atoms with E-state index in [0.717, 1.165) is 30.6 Å². The number of hydrogen-bond acceptors (Lipinski definition) is 4. The molecule has 5 heteroatoms. The Kier molecular flexibility index (Phi) is 4.91. The average Bonchev–Trinajstić information content (AvgIpc) is 2.73. The van der Waals surface area contributed by atoms with Gasteiger partial charge in [-0.1, -0.05) is 27.2 Å². The summed E-state index contributed by atoms with van der Waals surface area (Å²) in [6.07, 6.45) is 4.95. The van der Waals surface area contributed by atoms with Gasteiger partial charge in [0.05, 0.1) is 7.05 Å². The third-order valence-corrected chi connectivity index (χ3v) is 4.18. The molecule has 1 aromatic heterocycles. The van der Waals surface area contributed by atoms with Gasteiger partial charge in [0.15, 0.2) is 5.82 Å². The van der Waals surface area contributed by atoms with E-state index >= 15 is 0 Å². The zero-order chi connectivity index (χ0) is 13.8. The summed E-state index contributed by atoms with van der Waals surface area (Å²) >= 11 is 0. The summed E-state index contributed by atoms with van der Waals surface area (Å²) in [4.78, 5) is 1.56. The summed E-state index contributed by atoms with van der Waals surface area (Å²) in [6.45, 7) is 7.91. The maximum Gasteiger partial charge on any atom is 0.175 e. The van der Waals surface area contributed by atoms with Crippen LogP contribution in [0.25, 0.3) is 0 Å². The molecule has 1 aliphatic rings. The van der Waals surface area contributed by atoms with Crippen molar-refractivity contribution in [3.8, 4) is 0 Å². The molecule has 0 aliphatic heterocycles. The summed E-state index contributed by atoms with van der Waals surface area (Å²) in [6, 6.07) is 0.564. The monoisotopic (exact) mass is 265 g/mol. The topological polar surface area (TPSA) is 55.6 Å². The van der Waals surface area contributed by atoms with Gasteiger partial charge in [0.25, 0.3) is 0 Å². The molecular weight excluding hydrogens is 238 g/mol. The Morgan fingerprint density at radius 1 is 1.32 bits per heavy atom. The van der Waals surface area contributed by atoms with Crippen molar-refractivity contribution in [3.63, 3.8) is 0 Å². The van der Waals surface area contributed by atoms with E-state index in [-0.39, 0.29) is 0 Å². The standard InChI is InChI=1S/C14H27N5/c1-10(2)15-9-12-6-5-11(3)7-13(12)8-14-16-18-19(4)17-14/h10-13,15H,5-9H2,1-4H3. The lowest BCUT2D eigenvalue weighted by Gasteiger charge is -2.35. The van der Waals surface area contributed by atoms with Crippen LogP contribution in [0.4, 0.5) is 0 Å². The highest BCUT2D eigenvalue weighted by atomic mass is 15.6. The second kappa shape index (κ2) is 6.46. The zero-order valence-electron chi connectivity index (χ0n) is 12.6. The fourth-order valence-electron chi connectivity index (χ4n) is 3.11. The predicted molar refractivity (Wildman–Crippen MR) is 75.6 cm³/mol. The van der Waals surface area contributed by atoms with Gasteiger partial charge in [0, 0.05) is 12.5 Å². The molecule has 1 N–H and O–H groups in total. The lowest BCUT2D eigenvalue weighted by molar-refractivity contribution is 0.179. The Morgan fingerprint density at radius 2 is 2.11 bits per heavy atom. The average molecular weight is 265 g/mol. The van der Waals surface area contributed by atoms with Crippen molar-refractivity contribution >= 4 is 0 Å². The fourth-order valence-corrected chi connectivity index (χ4v) is 3.11. The van der Waals surface area contributed by atoms with Gasteiger partial charge in [0.1, 0.15) is 0 Å². The van der Waals surface area contributed by atoms with Gasteiger partial charge >= 0.3 is 0 Å². The molecule has 0 bridgehead atoms. The van der Waals surface area contributed by atoms with Crippen molar-refractivity contribution in [2.75, 3.05) is 6.54 Å². The first-order valence-corrected chi connectivity index (χ1v) is 7.51. The number of aryl methyl sites for hydroxylation is 1. The molecule has 1 aliphatic carbocycles. The molecule has 3 atom stereocenters. The summed E-state index contributed by atoms with van der Waals surface area (Å²) < 4.78 is 0. The van der Waals surface area contributed by atoms with E-state index in [1.807, 2.05) is 7.05 Å². The van der Waals surface area contributed by atoms with Crippen molar-refractivity contribution in [2.24, 2.45) is 24.8 Å². The number of rotatable bonds is 5. The minimum absolute atomic E-state index is 0.564. The van der Waals surface area contributed by atoms with E-state index in [9.17, 15) is 0 Å². The first-order chi connectivity index (χ1) is 9.04. The minimum Gasteiger partial charge on any atom is -0.314 e. The largest absolute Gasteiger partial charge is 0.314 e. The van der Waals surface area contributed by atoms with Gasteiger partial charge < -0.3 is 5.32 Å². The van der Waals surface area contributed by atoms with E-state index in [0.29, 0.717) is 12.0 Å². The van der Waals surface area contributed by atoms with Crippen molar-refractivity contribution in [1.29, 1.82) is 0 Å². The Bertz CT molecular complexity index is 387. The quantitative estimate of drug-likeness (QED) is 0.882. The van der Waals surface area contributed by atoms with Crippen LogP contribution in [0.15, 0.2) is 0 Å². The molecule has 0 amide bonds. The van der Waals surface area contributed by atoms with E-state index in [4.69, 9.17) is 0 Å². The first kappa shape index (κ1) is 14.4. The van der Waals surface area contributed by atoms with E-state index in [1.165, 1.54) is 19.3 Å². The van der Waals surface area contributed by atoms with Gasteiger partial charge in [-0.25, -0.2) is 0 Å². The summed E-state index contributed by atoms with van der Waals surface area (Å²) in [7, 11) is 1.83. The van der Waals surface area contributed by atoms with Gasteiger partial charge in [-0.15, -0.1) is 10.2 Å². The van der Waals surface area contributed by atoms with Crippen LogP contribution in [0, 0.1) is 17.8 Å². The molecule has 1 aromatic rings. The summed E-state index contributed by atoms with van der Waals surface area (Å²) in [5.74, 6) is 3.18. The number of aromatic nitrogens is 4. The zero-order valence-corrected chi connectivity index (χ0v) is 12.6. The number of nitrogens with zero attached hydrogens (tertiary/aromatic N) is 4. The molecule has 0 spiro atoms. The van der Waals surface area contributed by atoms with E-state index in [2.05, 4.69) is 41.5 Å². The van der Waals surface area contributed by atoms with Crippen LogP contribution < -0.4 is 5.32 Å². The number of hydrogen-bond donors (Lipinski definition) is 1. The second-order valence-electron chi connectivity index (χ2n) is 6.40. The van der Waals surface area contributed by atoms with Crippen molar-refractivity contribution < 1.29 is 0 Å². The third kappa shape index (κ3) is 4.27. The molecule has 108 valence electrons. The predicted octanol–water partition coefficient (Wildman–Crippen LogP) is 1.80. The van der Waals surface area contributed by atoms with E-state index in [1.54, 1.807) is 4.80 Å². The van der Waals surface area contributed by atoms with Gasteiger partial charge in [0.2, 0.25) is 0 Å². The highest BCUT2D eigenvalue weighted by Gasteiger charge is 2.29. The lowest BCUT2D eigenvalue weighted by atomic mass is 9.73. The third-order valence-electron chi connectivity index (χ3n) is 4.18. The fraction of sp³-hybridized carbons (Fsp3) is 0.929. The SMILES string of the molecule is CC1CCC(CNC(C)C)C(Cc2nnn(C)n2)C1. The van der Waals surface area contributed by atoms with Crippen LogP contribution in [0.3, 0.4) is 0 Å². The molecule has 1 saturated carbocycles. The Hall–Kier alpha value is -0.970. The van der Waals surface area contributed by atoms with Crippen LogP contribution in [0.5, 0.6) is 0 Å².